The number of ether oxygens (including phenoxy) is 2. The molecular weight excluding hydrogens is 308 g/mol. The molecule has 3 aromatic carbocycles. The van der Waals surface area contributed by atoms with Crippen LogP contribution in [0.5, 0.6) is 11.5 Å². The molecule has 0 saturated carbocycles. The number of hydrogen-bond acceptors (Lipinski definition) is 2. The van der Waals surface area contributed by atoms with Crippen LogP contribution in [-0.2, 0) is 25.7 Å². The van der Waals surface area contributed by atoms with Gasteiger partial charge < -0.3 is 9.47 Å². The number of aryl methyl sites for hydroxylation is 4. The van der Waals surface area contributed by atoms with Crippen LogP contribution < -0.4 is 9.47 Å². The summed E-state index contributed by atoms with van der Waals surface area (Å²) in [6.45, 7) is 0.336. The van der Waals surface area contributed by atoms with E-state index in [1.54, 1.807) is 0 Å². The molecule has 0 N–H and O–H groups in total. The van der Waals surface area contributed by atoms with Crippen LogP contribution in [0.1, 0.15) is 22.3 Å². The van der Waals surface area contributed by atoms with Crippen molar-refractivity contribution in [3.05, 3.63) is 95.1 Å². The monoisotopic (exact) mass is 330 g/mol. The van der Waals surface area contributed by atoms with E-state index in [2.05, 4.69) is 66.7 Å². The maximum Gasteiger partial charge on any atom is 0.231 e. The Bertz CT molecular complexity index is 840. The van der Waals surface area contributed by atoms with E-state index in [4.69, 9.17) is 9.47 Å². The molecule has 0 amide bonds. The highest BCUT2D eigenvalue weighted by atomic mass is 16.7. The molecule has 0 bridgehead atoms. The molecule has 126 valence electrons. The van der Waals surface area contributed by atoms with E-state index in [9.17, 15) is 0 Å². The van der Waals surface area contributed by atoms with Gasteiger partial charge in [-0.25, -0.2) is 0 Å². The van der Waals surface area contributed by atoms with E-state index >= 15 is 0 Å². The van der Waals surface area contributed by atoms with Gasteiger partial charge in [-0.1, -0.05) is 60.7 Å². The zero-order valence-corrected chi connectivity index (χ0v) is 14.3. The van der Waals surface area contributed by atoms with Gasteiger partial charge in [0.25, 0.3) is 0 Å². The predicted octanol–water partition coefficient (Wildman–Crippen LogP) is 4.99. The van der Waals surface area contributed by atoms with Crippen molar-refractivity contribution in [3.8, 4) is 11.5 Å². The Morgan fingerprint density at radius 2 is 1.12 bits per heavy atom. The molecule has 1 heterocycles. The van der Waals surface area contributed by atoms with Crippen LogP contribution in [0.3, 0.4) is 0 Å². The first-order chi connectivity index (χ1) is 12.4. The van der Waals surface area contributed by atoms with Crippen molar-refractivity contribution in [2.75, 3.05) is 6.79 Å². The number of rotatable bonds is 6. The van der Waals surface area contributed by atoms with Crippen LogP contribution in [0.4, 0.5) is 0 Å². The Balaban J connectivity index is 1.36. The fourth-order valence-electron chi connectivity index (χ4n) is 3.26. The van der Waals surface area contributed by atoms with Crippen molar-refractivity contribution in [1.29, 1.82) is 0 Å². The lowest BCUT2D eigenvalue weighted by molar-refractivity contribution is 0.174. The highest BCUT2D eigenvalue weighted by Gasteiger charge is 2.13. The molecule has 1 aliphatic rings. The minimum atomic E-state index is 0.336. The maximum absolute atomic E-state index is 5.46. The van der Waals surface area contributed by atoms with Gasteiger partial charge in [0, 0.05) is 0 Å². The van der Waals surface area contributed by atoms with E-state index in [-0.39, 0.29) is 0 Å². The summed E-state index contributed by atoms with van der Waals surface area (Å²) in [4.78, 5) is 0. The summed E-state index contributed by atoms with van der Waals surface area (Å²) in [5.74, 6) is 1.72. The SMILES string of the molecule is c1ccc(CCc2cccc(CCc3ccc4c(c3)OCO4)c2)cc1. The molecule has 4 rings (SSSR count). The minimum absolute atomic E-state index is 0.336. The van der Waals surface area contributed by atoms with Gasteiger partial charge in [-0.2, -0.15) is 0 Å². The van der Waals surface area contributed by atoms with Crippen LogP contribution in [-0.4, -0.2) is 6.79 Å². The molecule has 0 spiro atoms. The summed E-state index contributed by atoms with van der Waals surface area (Å²) >= 11 is 0. The quantitative estimate of drug-likeness (QED) is 0.634. The molecule has 0 atom stereocenters. The van der Waals surface area contributed by atoms with Gasteiger partial charge in [-0.3, -0.25) is 0 Å². The lowest BCUT2D eigenvalue weighted by Gasteiger charge is -2.07. The number of fused-ring (bicyclic) bond motifs is 1. The lowest BCUT2D eigenvalue weighted by Crippen LogP contribution is -1.95. The molecule has 3 aromatic rings. The first-order valence-electron chi connectivity index (χ1n) is 8.87. The van der Waals surface area contributed by atoms with Crippen molar-refractivity contribution in [1.82, 2.24) is 0 Å². The third-order valence-corrected chi connectivity index (χ3v) is 4.68. The number of benzene rings is 3. The summed E-state index contributed by atoms with van der Waals surface area (Å²) in [5, 5.41) is 0. The molecule has 0 unspecified atom stereocenters. The van der Waals surface area contributed by atoms with Gasteiger partial charge in [-0.05, 0) is 60.1 Å². The van der Waals surface area contributed by atoms with Crippen LogP contribution >= 0.6 is 0 Å². The topological polar surface area (TPSA) is 18.5 Å². The largest absolute Gasteiger partial charge is 0.454 e. The third-order valence-electron chi connectivity index (χ3n) is 4.68. The fraction of sp³-hybridized carbons (Fsp3) is 0.217. The van der Waals surface area contributed by atoms with Crippen molar-refractivity contribution >= 4 is 0 Å². The molecule has 2 nitrogen and oxygen atoms in total. The molecule has 0 fully saturated rings. The standard InChI is InChI=1S/C23H22O2/c1-2-5-18(6-3-1)9-10-19-7-4-8-20(15-19)11-12-21-13-14-22-23(16-21)25-17-24-22/h1-8,13-16H,9-12,17H2. The molecule has 0 aliphatic carbocycles. The summed E-state index contributed by atoms with van der Waals surface area (Å²) < 4.78 is 10.8. The van der Waals surface area contributed by atoms with Crippen LogP contribution in [0, 0.1) is 0 Å². The first-order valence-corrected chi connectivity index (χ1v) is 8.87. The van der Waals surface area contributed by atoms with Gasteiger partial charge in [0.05, 0.1) is 0 Å². The Kier molecular flexibility index (Phi) is 4.69. The normalized spacial score (nSPS) is 12.3. The molecule has 0 saturated heterocycles. The van der Waals surface area contributed by atoms with E-state index < -0.39 is 0 Å². The van der Waals surface area contributed by atoms with Crippen LogP contribution in [0.25, 0.3) is 0 Å². The van der Waals surface area contributed by atoms with Crippen molar-refractivity contribution < 1.29 is 9.47 Å². The number of hydrogen-bond donors (Lipinski definition) is 0. The average molecular weight is 330 g/mol. The van der Waals surface area contributed by atoms with Crippen LogP contribution in [0.2, 0.25) is 0 Å². The Morgan fingerprint density at radius 1 is 0.520 bits per heavy atom. The summed E-state index contributed by atoms with van der Waals surface area (Å²) in [7, 11) is 0. The van der Waals surface area contributed by atoms with E-state index in [0.29, 0.717) is 6.79 Å². The van der Waals surface area contributed by atoms with Crippen molar-refractivity contribution in [2.24, 2.45) is 0 Å². The Morgan fingerprint density at radius 3 is 1.88 bits per heavy atom. The second kappa shape index (κ2) is 7.43. The van der Waals surface area contributed by atoms with Gasteiger partial charge in [0.1, 0.15) is 0 Å². The Hall–Kier alpha value is -2.74. The molecule has 25 heavy (non-hydrogen) atoms. The molecule has 0 aromatic heterocycles. The van der Waals surface area contributed by atoms with Gasteiger partial charge in [0.15, 0.2) is 11.5 Å². The zero-order chi connectivity index (χ0) is 16.9. The third kappa shape index (κ3) is 4.03. The Labute approximate surface area is 149 Å². The highest BCUT2D eigenvalue weighted by molar-refractivity contribution is 5.44. The lowest BCUT2D eigenvalue weighted by atomic mass is 9.99. The predicted molar refractivity (Wildman–Crippen MR) is 100 cm³/mol. The smallest absolute Gasteiger partial charge is 0.231 e. The van der Waals surface area contributed by atoms with Crippen LogP contribution in [0.15, 0.2) is 72.8 Å². The van der Waals surface area contributed by atoms with Gasteiger partial charge >= 0.3 is 0 Å². The zero-order valence-electron chi connectivity index (χ0n) is 14.3. The molecular formula is C23H22O2. The summed E-state index contributed by atoms with van der Waals surface area (Å²) in [6, 6.07) is 25.9. The van der Waals surface area contributed by atoms with Gasteiger partial charge in [0.2, 0.25) is 6.79 Å². The van der Waals surface area contributed by atoms with Gasteiger partial charge in [-0.15, -0.1) is 0 Å². The second-order valence-corrected chi connectivity index (χ2v) is 6.49. The molecule has 1 aliphatic heterocycles. The summed E-state index contributed by atoms with van der Waals surface area (Å²) in [5.41, 5.74) is 5.49. The van der Waals surface area contributed by atoms with Crippen molar-refractivity contribution in [3.63, 3.8) is 0 Å². The highest BCUT2D eigenvalue weighted by Crippen LogP contribution is 2.32. The second-order valence-electron chi connectivity index (χ2n) is 6.49. The maximum atomic E-state index is 5.46. The van der Waals surface area contributed by atoms with E-state index in [1.165, 1.54) is 22.3 Å². The van der Waals surface area contributed by atoms with Crippen molar-refractivity contribution in [2.45, 2.75) is 25.7 Å². The van der Waals surface area contributed by atoms with E-state index in [0.717, 1.165) is 37.2 Å². The average Bonchev–Trinajstić information content (AvgIpc) is 3.14. The van der Waals surface area contributed by atoms with E-state index in [1.807, 2.05) is 6.07 Å². The summed E-state index contributed by atoms with van der Waals surface area (Å²) in [6.07, 6.45) is 4.23. The fourth-order valence-corrected chi connectivity index (χ4v) is 3.26. The first kappa shape index (κ1) is 15.8. The minimum Gasteiger partial charge on any atom is -0.454 e. The molecule has 2 heteroatoms. The molecule has 0 radical (unpaired) electrons.